The Labute approximate surface area is 115 Å². The van der Waals surface area contributed by atoms with Crippen LogP contribution in [-0.2, 0) is 0 Å². The van der Waals surface area contributed by atoms with Crippen LogP contribution < -0.4 is 10.6 Å². The quantitative estimate of drug-likeness (QED) is 0.768. The third-order valence-electron chi connectivity index (χ3n) is 2.98. The first-order chi connectivity index (χ1) is 9.83. The zero-order valence-electron chi connectivity index (χ0n) is 10.9. The van der Waals surface area contributed by atoms with Crippen molar-refractivity contribution < 1.29 is 9.21 Å². The molecule has 0 saturated heterocycles. The van der Waals surface area contributed by atoms with E-state index < -0.39 is 0 Å². The van der Waals surface area contributed by atoms with Crippen molar-refractivity contribution in [1.82, 2.24) is 20.5 Å². The smallest absolute Gasteiger partial charge is 0.315 e. The summed E-state index contributed by atoms with van der Waals surface area (Å²) in [6.45, 7) is 0.993. The zero-order valence-corrected chi connectivity index (χ0v) is 10.9. The molecule has 2 aromatic heterocycles. The molecule has 3 rings (SSSR count). The van der Waals surface area contributed by atoms with Crippen LogP contribution in [0.1, 0.15) is 35.0 Å². The summed E-state index contributed by atoms with van der Waals surface area (Å²) in [4.78, 5) is 15.6. The van der Waals surface area contributed by atoms with Crippen LogP contribution in [0, 0.1) is 0 Å². The second-order valence-corrected chi connectivity index (χ2v) is 4.64. The van der Waals surface area contributed by atoms with Crippen molar-refractivity contribution in [3.05, 3.63) is 36.0 Å². The predicted octanol–water partition coefficient (Wildman–Crippen LogP) is 1.18. The number of carbonyl (C=O) groups is 1. The minimum atomic E-state index is -0.149. The summed E-state index contributed by atoms with van der Waals surface area (Å²) >= 11 is 0. The molecule has 1 fully saturated rings. The van der Waals surface area contributed by atoms with Crippen molar-refractivity contribution in [1.29, 1.82) is 0 Å². The average Bonchev–Trinajstić information content (AvgIpc) is 3.24. The number of carbonyl (C=O) groups excluding carboxylic acids is 1. The summed E-state index contributed by atoms with van der Waals surface area (Å²) < 4.78 is 5.44. The van der Waals surface area contributed by atoms with Crippen LogP contribution in [0.4, 0.5) is 6.01 Å². The third kappa shape index (κ3) is 3.11. The maximum atomic E-state index is 11.7. The maximum absolute atomic E-state index is 11.7. The molecule has 0 bridgehead atoms. The Morgan fingerprint density at radius 2 is 2.25 bits per heavy atom. The van der Waals surface area contributed by atoms with Crippen LogP contribution in [0.15, 0.2) is 28.9 Å². The Bertz CT molecular complexity index is 579. The number of hydrogen-bond donors (Lipinski definition) is 2. The molecule has 1 saturated carbocycles. The Kier molecular flexibility index (Phi) is 3.58. The van der Waals surface area contributed by atoms with E-state index in [0.29, 0.717) is 36.5 Å². The lowest BCUT2D eigenvalue weighted by Gasteiger charge is -2.04. The van der Waals surface area contributed by atoms with Gasteiger partial charge in [0.25, 0.3) is 5.91 Å². The van der Waals surface area contributed by atoms with Crippen molar-refractivity contribution in [2.45, 2.75) is 18.8 Å². The molecule has 7 heteroatoms. The molecule has 1 aliphatic carbocycles. The number of pyridine rings is 1. The number of rotatable bonds is 6. The molecular formula is C13H15N5O2. The minimum Gasteiger partial charge on any atom is -0.408 e. The van der Waals surface area contributed by atoms with Crippen molar-refractivity contribution >= 4 is 11.9 Å². The highest BCUT2D eigenvalue weighted by molar-refractivity contribution is 5.93. The van der Waals surface area contributed by atoms with Gasteiger partial charge in [-0.2, -0.15) is 0 Å². The van der Waals surface area contributed by atoms with Gasteiger partial charge >= 0.3 is 6.01 Å². The molecule has 0 spiro atoms. The molecule has 7 nitrogen and oxygen atoms in total. The standard InChI is InChI=1S/C13H15N5O2/c19-11(10-2-1-5-14-8-10)15-6-7-16-13-18-17-12(20-13)9-3-4-9/h1-2,5,8-9H,3-4,6-7H2,(H,15,19)(H,16,18). The molecule has 2 N–H and O–H groups in total. The molecule has 0 aliphatic heterocycles. The number of amides is 1. The van der Waals surface area contributed by atoms with Gasteiger partial charge in [-0.3, -0.25) is 9.78 Å². The molecular weight excluding hydrogens is 258 g/mol. The van der Waals surface area contributed by atoms with Crippen LogP contribution >= 0.6 is 0 Å². The molecule has 2 heterocycles. The van der Waals surface area contributed by atoms with Gasteiger partial charge in [-0.15, -0.1) is 5.10 Å². The Morgan fingerprint density at radius 1 is 1.35 bits per heavy atom. The van der Waals surface area contributed by atoms with Crippen LogP contribution in [-0.4, -0.2) is 34.2 Å². The highest BCUT2D eigenvalue weighted by atomic mass is 16.4. The van der Waals surface area contributed by atoms with E-state index >= 15 is 0 Å². The zero-order chi connectivity index (χ0) is 13.8. The van der Waals surface area contributed by atoms with Crippen LogP contribution in [0.2, 0.25) is 0 Å². The monoisotopic (exact) mass is 273 g/mol. The molecule has 0 aromatic carbocycles. The van der Waals surface area contributed by atoms with E-state index in [1.165, 1.54) is 6.20 Å². The van der Waals surface area contributed by atoms with Gasteiger partial charge in [0, 0.05) is 31.4 Å². The van der Waals surface area contributed by atoms with Crippen molar-refractivity contribution in [2.75, 3.05) is 18.4 Å². The van der Waals surface area contributed by atoms with E-state index in [1.54, 1.807) is 18.3 Å². The number of aromatic nitrogens is 3. The van der Waals surface area contributed by atoms with Crippen LogP contribution in [0.5, 0.6) is 0 Å². The fourth-order valence-electron chi connectivity index (χ4n) is 1.75. The first kappa shape index (κ1) is 12.6. The number of nitrogens with one attached hydrogen (secondary N) is 2. The van der Waals surface area contributed by atoms with E-state index in [2.05, 4.69) is 25.8 Å². The molecule has 0 atom stereocenters. The Hall–Kier alpha value is -2.44. The topological polar surface area (TPSA) is 92.9 Å². The normalized spacial score (nSPS) is 14.0. The SMILES string of the molecule is O=C(NCCNc1nnc(C2CC2)o1)c1cccnc1. The second kappa shape index (κ2) is 5.68. The van der Waals surface area contributed by atoms with Gasteiger partial charge < -0.3 is 15.1 Å². The van der Waals surface area contributed by atoms with E-state index in [4.69, 9.17) is 4.42 Å². The van der Waals surface area contributed by atoms with E-state index in [-0.39, 0.29) is 5.91 Å². The second-order valence-electron chi connectivity index (χ2n) is 4.64. The predicted molar refractivity (Wildman–Crippen MR) is 71.3 cm³/mol. The van der Waals surface area contributed by atoms with Crippen molar-refractivity contribution in [3.8, 4) is 0 Å². The van der Waals surface area contributed by atoms with Gasteiger partial charge in [0.15, 0.2) is 0 Å². The lowest BCUT2D eigenvalue weighted by molar-refractivity contribution is 0.0954. The molecule has 1 amide bonds. The summed E-state index contributed by atoms with van der Waals surface area (Å²) in [5, 5.41) is 13.6. The summed E-state index contributed by atoms with van der Waals surface area (Å²) in [6.07, 6.45) is 5.42. The lowest BCUT2D eigenvalue weighted by Crippen LogP contribution is -2.28. The Balaban J connectivity index is 1.40. The fourth-order valence-corrected chi connectivity index (χ4v) is 1.75. The molecule has 0 radical (unpaired) electrons. The summed E-state index contributed by atoms with van der Waals surface area (Å²) in [5.74, 6) is 0.999. The lowest BCUT2D eigenvalue weighted by atomic mass is 10.3. The van der Waals surface area contributed by atoms with Gasteiger partial charge in [-0.05, 0) is 25.0 Å². The van der Waals surface area contributed by atoms with E-state index in [9.17, 15) is 4.79 Å². The summed E-state index contributed by atoms with van der Waals surface area (Å²) in [7, 11) is 0. The first-order valence-electron chi connectivity index (χ1n) is 6.58. The average molecular weight is 273 g/mol. The highest BCUT2D eigenvalue weighted by Crippen LogP contribution is 2.39. The van der Waals surface area contributed by atoms with Gasteiger partial charge in [0.1, 0.15) is 0 Å². The number of hydrogen-bond acceptors (Lipinski definition) is 6. The Morgan fingerprint density at radius 3 is 3.00 bits per heavy atom. The fraction of sp³-hybridized carbons (Fsp3) is 0.385. The number of nitrogens with zero attached hydrogens (tertiary/aromatic N) is 3. The largest absolute Gasteiger partial charge is 0.408 e. The number of anilines is 1. The molecule has 1 aliphatic rings. The van der Waals surface area contributed by atoms with Gasteiger partial charge in [0.2, 0.25) is 5.89 Å². The summed E-state index contributed by atoms with van der Waals surface area (Å²) in [5.41, 5.74) is 0.543. The third-order valence-corrected chi connectivity index (χ3v) is 2.98. The van der Waals surface area contributed by atoms with Gasteiger partial charge in [-0.25, -0.2) is 0 Å². The molecule has 0 unspecified atom stereocenters. The molecule has 20 heavy (non-hydrogen) atoms. The van der Waals surface area contributed by atoms with E-state index in [1.807, 2.05) is 0 Å². The minimum absolute atomic E-state index is 0.149. The summed E-state index contributed by atoms with van der Waals surface area (Å²) in [6, 6.07) is 3.85. The van der Waals surface area contributed by atoms with E-state index in [0.717, 1.165) is 12.8 Å². The first-order valence-corrected chi connectivity index (χ1v) is 6.58. The van der Waals surface area contributed by atoms with Crippen molar-refractivity contribution in [3.63, 3.8) is 0 Å². The van der Waals surface area contributed by atoms with Gasteiger partial charge in [0.05, 0.1) is 5.56 Å². The van der Waals surface area contributed by atoms with Crippen LogP contribution in [0.25, 0.3) is 0 Å². The van der Waals surface area contributed by atoms with Gasteiger partial charge in [-0.1, -0.05) is 5.10 Å². The molecule has 104 valence electrons. The van der Waals surface area contributed by atoms with Crippen LogP contribution in [0.3, 0.4) is 0 Å². The maximum Gasteiger partial charge on any atom is 0.315 e. The highest BCUT2D eigenvalue weighted by Gasteiger charge is 2.29. The molecule has 2 aromatic rings. The van der Waals surface area contributed by atoms with Crippen molar-refractivity contribution in [2.24, 2.45) is 0 Å².